The Balaban J connectivity index is 1.63. The van der Waals surface area contributed by atoms with E-state index < -0.39 is 12.4 Å². The number of aliphatic hydroxyl groups is 1. The average Bonchev–Trinajstić information content (AvgIpc) is 3.41. The number of aliphatic hydroxyl groups excluding tert-OH is 1. The Hall–Kier alpha value is -2.91. The summed E-state index contributed by atoms with van der Waals surface area (Å²) < 4.78 is 2.05. The summed E-state index contributed by atoms with van der Waals surface area (Å²) >= 11 is 0. The highest BCUT2D eigenvalue weighted by Gasteiger charge is 2.30. The summed E-state index contributed by atoms with van der Waals surface area (Å²) in [6, 6.07) is 9.57. The number of nitrogens with zero attached hydrogens (tertiary/aromatic N) is 3. The highest BCUT2D eigenvalue weighted by atomic mass is 16.3. The zero-order valence-corrected chi connectivity index (χ0v) is 14.3. The maximum absolute atomic E-state index is 13.0. The van der Waals surface area contributed by atoms with Crippen molar-refractivity contribution in [1.82, 2.24) is 9.47 Å². The smallest absolute Gasteiger partial charge is 0.270 e. The quantitative estimate of drug-likeness (QED) is 0.856. The van der Waals surface area contributed by atoms with Gasteiger partial charge in [0.1, 0.15) is 12.3 Å². The summed E-state index contributed by atoms with van der Waals surface area (Å²) in [7, 11) is 0. The van der Waals surface area contributed by atoms with Gasteiger partial charge in [-0.2, -0.15) is 5.26 Å². The first kappa shape index (κ1) is 16.6. The first-order valence-corrected chi connectivity index (χ1v) is 8.78. The van der Waals surface area contributed by atoms with E-state index in [1.54, 1.807) is 11.0 Å². The number of aromatic nitrogens is 1. The van der Waals surface area contributed by atoms with Gasteiger partial charge in [0.15, 0.2) is 5.78 Å². The number of hydrogen-bond donors (Lipinski definition) is 1. The van der Waals surface area contributed by atoms with Crippen LogP contribution in [0.4, 0.5) is 0 Å². The summed E-state index contributed by atoms with van der Waals surface area (Å²) in [4.78, 5) is 26.5. The van der Waals surface area contributed by atoms with Crippen molar-refractivity contribution >= 4 is 11.7 Å². The molecule has 1 amide bonds. The molecule has 132 valence electrons. The topological polar surface area (TPSA) is 86.3 Å². The number of nitriles is 1. The van der Waals surface area contributed by atoms with Gasteiger partial charge in [0.25, 0.3) is 5.91 Å². The molecule has 0 spiro atoms. The van der Waals surface area contributed by atoms with Gasteiger partial charge >= 0.3 is 0 Å². The third kappa shape index (κ3) is 2.80. The molecule has 6 heteroatoms. The van der Waals surface area contributed by atoms with Crippen molar-refractivity contribution in [3.05, 3.63) is 58.4 Å². The number of fused-ring (bicyclic) bond motifs is 1. The van der Waals surface area contributed by atoms with Crippen LogP contribution < -0.4 is 0 Å². The molecule has 1 aromatic carbocycles. The van der Waals surface area contributed by atoms with Crippen molar-refractivity contribution < 1.29 is 14.7 Å². The van der Waals surface area contributed by atoms with E-state index in [0.717, 1.165) is 24.0 Å². The van der Waals surface area contributed by atoms with Gasteiger partial charge in [-0.1, -0.05) is 0 Å². The predicted molar refractivity (Wildman–Crippen MR) is 93.7 cm³/mol. The molecule has 0 saturated heterocycles. The standard InChI is InChI=1S/C20H19N3O3/c21-10-15-9-14(19(25)12-24)8-13-5-7-22(11-17(13)15)20(26)18-2-1-6-23(18)16-3-4-16/h1-2,6,8-9,16,24H,3-5,7,11-12H2. The van der Waals surface area contributed by atoms with Gasteiger partial charge in [0.05, 0.1) is 11.6 Å². The number of carbonyl (C=O) groups is 2. The second-order valence-corrected chi connectivity index (χ2v) is 6.86. The molecule has 0 atom stereocenters. The summed E-state index contributed by atoms with van der Waals surface area (Å²) in [6.07, 6.45) is 4.76. The van der Waals surface area contributed by atoms with Gasteiger partial charge in [0.2, 0.25) is 0 Å². The number of Topliss-reactive ketones (excluding diaryl/α,β-unsaturated/α-hetero) is 1. The molecule has 1 saturated carbocycles. The molecular formula is C20H19N3O3. The van der Waals surface area contributed by atoms with Gasteiger partial charge in [0, 0.05) is 30.9 Å². The third-order valence-electron chi connectivity index (χ3n) is 5.15. The summed E-state index contributed by atoms with van der Waals surface area (Å²) in [5.74, 6) is -0.419. The van der Waals surface area contributed by atoms with Crippen molar-refractivity contribution in [2.24, 2.45) is 0 Å². The minimum atomic E-state index is -0.577. The van der Waals surface area contributed by atoms with E-state index in [1.165, 1.54) is 6.07 Å². The lowest BCUT2D eigenvalue weighted by atomic mass is 9.91. The van der Waals surface area contributed by atoms with E-state index in [9.17, 15) is 14.9 Å². The number of hydrogen-bond acceptors (Lipinski definition) is 4. The molecule has 2 heterocycles. The number of carbonyl (C=O) groups excluding carboxylic acids is 2. The summed E-state index contributed by atoms with van der Waals surface area (Å²) in [5, 5.41) is 18.5. The van der Waals surface area contributed by atoms with Crippen LogP contribution in [0.3, 0.4) is 0 Å². The average molecular weight is 349 g/mol. The van der Waals surface area contributed by atoms with E-state index in [4.69, 9.17) is 5.11 Å². The van der Waals surface area contributed by atoms with Crippen LogP contribution in [-0.2, 0) is 13.0 Å². The van der Waals surface area contributed by atoms with Crippen molar-refractivity contribution in [1.29, 1.82) is 5.26 Å². The molecular weight excluding hydrogens is 330 g/mol. The molecule has 6 nitrogen and oxygen atoms in total. The van der Waals surface area contributed by atoms with E-state index in [-0.39, 0.29) is 5.91 Å². The van der Waals surface area contributed by atoms with Crippen LogP contribution >= 0.6 is 0 Å². The van der Waals surface area contributed by atoms with Crippen molar-refractivity contribution in [2.75, 3.05) is 13.2 Å². The van der Waals surface area contributed by atoms with Gasteiger partial charge in [-0.15, -0.1) is 0 Å². The van der Waals surface area contributed by atoms with Crippen LogP contribution in [-0.4, -0.2) is 39.4 Å². The molecule has 0 bridgehead atoms. The van der Waals surface area contributed by atoms with Gasteiger partial charge in [-0.3, -0.25) is 9.59 Å². The second kappa shape index (κ2) is 6.43. The normalized spacial score (nSPS) is 16.1. The first-order valence-electron chi connectivity index (χ1n) is 8.78. The Labute approximate surface area is 151 Å². The Bertz CT molecular complexity index is 934. The van der Waals surface area contributed by atoms with Gasteiger partial charge in [-0.05, 0) is 54.7 Å². The molecule has 0 unspecified atom stereocenters. The fourth-order valence-electron chi connectivity index (χ4n) is 3.60. The molecule has 1 fully saturated rings. The Morgan fingerprint density at radius 3 is 2.81 bits per heavy atom. The fraction of sp³-hybridized carbons (Fsp3) is 0.350. The number of rotatable bonds is 4. The Morgan fingerprint density at radius 1 is 1.31 bits per heavy atom. The fourth-order valence-corrected chi connectivity index (χ4v) is 3.60. The van der Waals surface area contributed by atoms with Gasteiger partial charge in [-0.25, -0.2) is 0 Å². The second-order valence-electron chi connectivity index (χ2n) is 6.86. The van der Waals surface area contributed by atoms with Gasteiger partial charge < -0.3 is 14.6 Å². The van der Waals surface area contributed by atoms with Crippen LogP contribution in [0.1, 0.15) is 56.4 Å². The molecule has 0 radical (unpaired) electrons. The Morgan fingerprint density at radius 2 is 2.12 bits per heavy atom. The Kier molecular flexibility index (Phi) is 4.09. The molecule has 2 aliphatic rings. The van der Waals surface area contributed by atoms with E-state index in [2.05, 4.69) is 6.07 Å². The predicted octanol–water partition coefficient (Wildman–Crippen LogP) is 2.07. The van der Waals surface area contributed by atoms with E-state index in [0.29, 0.717) is 42.4 Å². The minimum Gasteiger partial charge on any atom is -0.388 e. The molecule has 1 aliphatic carbocycles. The third-order valence-corrected chi connectivity index (χ3v) is 5.15. The molecule has 2 aromatic rings. The highest BCUT2D eigenvalue weighted by Crippen LogP contribution is 2.36. The van der Waals surface area contributed by atoms with Crippen LogP contribution in [0.2, 0.25) is 0 Å². The lowest BCUT2D eigenvalue weighted by Gasteiger charge is -2.30. The minimum absolute atomic E-state index is 0.0213. The monoisotopic (exact) mass is 349 g/mol. The van der Waals surface area contributed by atoms with Crippen LogP contribution in [0, 0.1) is 11.3 Å². The number of benzene rings is 1. The van der Waals surface area contributed by atoms with Crippen LogP contribution in [0.5, 0.6) is 0 Å². The summed E-state index contributed by atoms with van der Waals surface area (Å²) in [6.45, 7) is 0.330. The molecule has 26 heavy (non-hydrogen) atoms. The first-order chi connectivity index (χ1) is 12.6. The van der Waals surface area contributed by atoms with Crippen molar-refractivity contribution in [3.63, 3.8) is 0 Å². The zero-order chi connectivity index (χ0) is 18.3. The lowest BCUT2D eigenvalue weighted by Crippen LogP contribution is -2.37. The number of amides is 1. The zero-order valence-electron chi connectivity index (χ0n) is 14.3. The highest BCUT2D eigenvalue weighted by molar-refractivity contribution is 5.97. The lowest BCUT2D eigenvalue weighted by molar-refractivity contribution is 0.0722. The largest absolute Gasteiger partial charge is 0.388 e. The van der Waals surface area contributed by atoms with Crippen LogP contribution in [0.25, 0.3) is 0 Å². The molecule has 4 rings (SSSR count). The van der Waals surface area contributed by atoms with E-state index >= 15 is 0 Å². The van der Waals surface area contributed by atoms with E-state index in [1.807, 2.05) is 22.9 Å². The van der Waals surface area contributed by atoms with Crippen LogP contribution in [0.15, 0.2) is 30.5 Å². The van der Waals surface area contributed by atoms with Crippen molar-refractivity contribution in [2.45, 2.75) is 31.8 Å². The molecule has 1 aromatic heterocycles. The SMILES string of the molecule is N#Cc1cc(C(=O)CO)cc2c1CN(C(=O)c1cccn1C1CC1)CC2. The number of ketones is 1. The maximum Gasteiger partial charge on any atom is 0.270 e. The molecule has 1 N–H and O–H groups in total. The maximum atomic E-state index is 13.0. The van der Waals surface area contributed by atoms with Crippen molar-refractivity contribution in [3.8, 4) is 6.07 Å². The summed E-state index contributed by atoms with van der Waals surface area (Å²) in [5.41, 5.74) is 3.15. The molecule has 1 aliphatic heterocycles.